The van der Waals surface area contributed by atoms with Crippen LogP contribution in [0.15, 0.2) is 72.8 Å². The molecule has 1 saturated carbocycles. The molecule has 0 radical (unpaired) electrons. The Balaban J connectivity index is 1.65. The zero-order chi connectivity index (χ0) is 28.5. The van der Waals surface area contributed by atoms with Crippen molar-refractivity contribution >= 4 is 29.3 Å². The summed E-state index contributed by atoms with van der Waals surface area (Å²) in [5.41, 5.74) is 5.64. The molecule has 0 aromatic heterocycles. The lowest BCUT2D eigenvalue weighted by Crippen LogP contribution is -2.36. The van der Waals surface area contributed by atoms with Crippen molar-refractivity contribution in [2.45, 2.75) is 38.6 Å². The maximum absolute atomic E-state index is 13.8. The van der Waals surface area contributed by atoms with E-state index in [9.17, 15) is 19.2 Å². The first-order valence-corrected chi connectivity index (χ1v) is 13.5. The predicted octanol–water partition coefficient (Wildman–Crippen LogP) is 6.89. The van der Waals surface area contributed by atoms with E-state index in [1.807, 2.05) is 79.7 Å². The highest BCUT2D eigenvalue weighted by atomic mass is 19.1. The SMILES string of the molecule is CN(C)c1ccc(-c2ccc(CN(C(=O)C3CCCCC3)c3cccc(/C=C/C(=O)OCF)c3)cc2C#N)cc1. The summed E-state index contributed by atoms with van der Waals surface area (Å²) in [5.74, 6) is -0.777. The van der Waals surface area contributed by atoms with Gasteiger partial charge < -0.3 is 14.5 Å². The summed E-state index contributed by atoms with van der Waals surface area (Å²) in [6.45, 7) is -0.876. The number of halogens is 1. The molecule has 1 aliphatic carbocycles. The number of amides is 1. The van der Waals surface area contributed by atoms with E-state index in [1.165, 1.54) is 6.08 Å². The van der Waals surface area contributed by atoms with Gasteiger partial charge in [0, 0.05) is 37.5 Å². The average Bonchev–Trinajstić information content (AvgIpc) is 2.99. The summed E-state index contributed by atoms with van der Waals surface area (Å²) >= 11 is 0. The molecule has 1 fully saturated rings. The van der Waals surface area contributed by atoms with E-state index >= 15 is 0 Å². The van der Waals surface area contributed by atoms with Crippen LogP contribution < -0.4 is 9.80 Å². The van der Waals surface area contributed by atoms with Gasteiger partial charge in [-0.3, -0.25) is 4.79 Å². The number of carbonyl (C=O) groups excluding carboxylic acids is 2. The molecule has 1 aliphatic rings. The van der Waals surface area contributed by atoms with Gasteiger partial charge >= 0.3 is 5.97 Å². The topological polar surface area (TPSA) is 73.6 Å². The number of rotatable bonds is 9. The summed E-state index contributed by atoms with van der Waals surface area (Å²) < 4.78 is 16.6. The number of nitrogens with zero attached hydrogens (tertiary/aromatic N) is 3. The molecule has 6 nitrogen and oxygen atoms in total. The molecule has 7 heteroatoms. The Hall–Kier alpha value is -4.44. The van der Waals surface area contributed by atoms with Crippen LogP contribution in [0.4, 0.5) is 15.8 Å². The first-order valence-electron chi connectivity index (χ1n) is 13.5. The van der Waals surface area contributed by atoms with Gasteiger partial charge in [0.15, 0.2) is 0 Å². The lowest BCUT2D eigenvalue weighted by Gasteiger charge is -2.30. The van der Waals surface area contributed by atoms with Gasteiger partial charge in [0.05, 0.1) is 18.2 Å². The number of benzene rings is 3. The van der Waals surface area contributed by atoms with E-state index in [4.69, 9.17) is 0 Å². The van der Waals surface area contributed by atoms with Crippen molar-refractivity contribution in [2.75, 3.05) is 30.8 Å². The monoisotopic (exact) mass is 539 g/mol. The van der Waals surface area contributed by atoms with Crippen molar-refractivity contribution < 1.29 is 18.7 Å². The first-order chi connectivity index (χ1) is 19.4. The molecule has 0 spiro atoms. The molecule has 0 bridgehead atoms. The average molecular weight is 540 g/mol. The molecule has 4 rings (SSSR count). The number of anilines is 2. The van der Waals surface area contributed by atoms with E-state index in [0.29, 0.717) is 23.4 Å². The molecule has 0 heterocycles. The van der Waals surface area contributed by atoms with Gasteiger partial charge in [-0.05, 0) is 71.5 Å². The third-order valence-electron chi connectivity index (χ3n) is 7.25. The summed E-state index contributed by atoms with van der Waals surface area (Å²) in [7, 11) is 3.97. The lowest BCUT2D eigenvalue weighted by atomic mass is 9.88. The molecule has 40 heavy (non-hydrogen) atoms. The summed E-state index contributed by atoms with van der Waals surface area (Å²) in [6, 6.07) is 23.5. The number of hydrogen-bond acceptors (Lipinski definition) is 5. The van der Waals surface area contributed by atoms with Crippen LogP contribution in [0.3, 0.4) is 0 Å². The zero-order valence-electron chi connectivity index (χ0n) is 23.0. The quantitative estimate of drug-likeness (QED) is 0.219. The second-order valence-corrected chi connectivity index (χ2v) is 10.2. The van der Waals surface area contributed by atoms with Crippen LogP contribution in [0, 0.1) is 17.2 Å². The van der Waals surface area contributed by atoms with Crippen molar-refractivity contribution in [3.8, 4) is 17.2 Å². The Morgan fingerprint density at radius 3 is 2.42 bits per heavy atom. The van der Waals surface area contributed by atoms with E-state index in [2.05, 4.69) is 10.8 Å². The summed E-state index contributed by atoms with van der Waals surface area (Å²) in [4.78, 5) is 29.2. The smallest absolute Gasteiger partial charge is 0.333 e. The third-order valence-corrected chi connectivity index (χ3v) is 7.25. The fourth-order valence-corrected chi connectivity index (χ4v) is 5.08. The van der Waals surface area contributed by atoms with E-state index in [0.717, 1.165) is 60.6 Å². The number of ether oxygens (including phenoxy) is 1. The van der Waals surface area contributed by atoms with Crippen molar-refractivity contribution in [3.63, 3.8) is 0 Å². The van der Waals surface area contributed by atoms with Crippen LogP contribution in [-0.2, 0) is 20.9 Å². The highest BCUT2D eigenvalue weighted by Crippen LogP contribution is 2.31. The fourth-order valence-electron chi connectivity index (χ4n) is 5.08. The Bertz CT molecular complexity index is 1400. The van der Waals surface area contributed by atoms with Crippen LogP contribution in [0.1, 0.15) is 48.8 Å². The second kappa shape index (κ2) is 13.6. The molecule has 206 valence electrons. The zero-order valence-corrected chi connectivity index (χ0v) is 23.0. The Kier molecular flexibility index (Phi) is 9.69. The van der Waals surface area contributed by atoms with Gasteiger partial charge in [-0.15, -0.1) is 0 Å². The molecule has 0 unspecified atom stereocenters. The third kappa shape index (κ3) is 7.15. The van der Waals surface area contributed by atoms with Crippen LogP contribution in [0.25, 0.3) is 17.2 Å². The number of esters is 1. The molecule has 1 amide bonds. The summed E-state index contributed by atoms with van der Waals surface area (Å²) in [6.07, 6.45) is 7.61. The van der Waals surface area contributed by atoms with Gasteiger partial charge in [0.2, 0.25) is 12.8 Å². The molecule has 3 aromatic carbocycles. The van der Waals surface area contributed by atoms with Gasteiger partial charge in [0.1, 0.15) is 0 Å². The van der Waals surface area contributed by atoms with Gasteiger partial charge in [0.25, 0.3) is 0 Å². The molecular weight excluding hydrogens is 505 g/mol. The van der Waals surface area contributed by atoms with Crippen LogP contribution >= 0.6 is 0 Å². The van der Waals surface area contributed by atoms with Gasteiger partial charge in [-0.25, -0.2) is 9.18 Å². The largest absolute Gasteiger partial charge is 0.431 e. The van der Waals surface area contributed by atoms with Crippen LogP contribution in [0.2, 0.25) is 0 Å². The predicted molar refractivity (Wildman–Crippen MR) is 156 cm³/mol. The molecule has 0 saturated heterocycles. The maximum Gasteiger partial charge on any atom is 0.333 e. The number of nitriles is 1. The van der Waals surface area contributed by atoms with Gasteiger partial charge in [-0.2, -0.15) is 5.26 Å². The molecule has 0 N–H and O–H groups in total. The standard InChI is InChI=1S/C33H34FN3O3/c1-36(2)29-15-13-26(14-16-29)31-17-11-25(19-28(31)21-35)22-37(33(39)27-8-4-3-5-9-27)30-10-6-7-24(20-30)12-18-32(38)40-23-34/h6-7,10-20,27H,3-5,8-9,22-23H2,1-2H3/b18-12+. The van der Waals surface area contributed by atoms with Crippen LogP contribution in [-0.4, -0.2) is 32.8 Å². The molecule has 0 atom stereocenters. The first kappa shape index (κ1) is 28.6. The highest BCUT2D eigenvalue weighted by Gasteiger charge is 2.27. The Morgan fingerprint density at radius 2 is 1.75 bits per heavy atom. The van der Waals surface area contributed by atoms with E-state index in [1.54, 1.807) is 11.0 Å². The minimum absolute atomic E-state index is 0.0551. The number of hydrogen-bond donors (Lipinski definition) is 0. The van der Waals surface area contributed by atoms with E-state index < -0.39 is 12.8 Å². The molecule has 0 aliphatic heterocycles. The molecular formula is C33H34FN3O3. The van der Waals surface area contributed by atoms with Crippen molar-refractivity contribution in [1.82, 2.24) is 0 Å². The Labute approximate surface area is 235 Å². The Morgan fingerprint density at radius 1 is 1.00 bits per heavy atom. The normalized spacial score (nSPS) is 13.6. The maximum atomic E-state index is 13.8. The highest BCUT2D eigenvalue weighted by molar-refractivity contribution is 5.95. The minimum Gasteiger partial charge on any atom is -0.431 e. The van der Waals surface area contributed by atoms with Crippen molar-refractivity contribution in [3.05, 3.63) is 89.5 Å². The fraction of sp³-hybridized carbons (Fsp3) is 0.303. The number of carbonyl (C=O) groups is 2. The minimum atomic E-state index is -1.18. The number of alkyl halides is 1. The summed E-state index contributed by atoms with van der Waals surface area (Å²) in [5, 5.41) is 9.98. The van der Waals surface area contributed by atoms with Crippen molar-refractivity contribution in [2.24, 2.45) is 5.92 Å². The van der Waals surface area contributed by atoms with E-state index in [-0.39, 0.29) is 11.8 Å². The molecule has 3 aromatic rings. The van der Waals surface area contributed by atoms with Crippen molar-refractivity contribution in [1.29, 1.82) is 5.26 Å². The van der Waals surface area contributed by atoms with Crippen LogP contribution in [0.5, 0.6) is 0 Å². The van der Waals surface area contributed by atoms with Gasteiger partial charge in [-0.1, -0.05) is 55.7 Å². The second-order valence-electron chi connectivity index (χ2n) is 10.2. The lowest BCUT2D eigenvalue weighted by molar-refractivity contribution is -0.141.